The van der Waals surface area contributed by atoms with Crippen LogP contribution in [0.1, 0.15) is 61.7 Å². The van der Waals surface area contributed by atoms with Crippen LogP contribution in [0, 0.1) is 23.0 Å². The molecule has 1 saturated carbocycles. The smallest absolute Gasteiger partial charge is 0.404 e. The second kappa shape index (κ2) is 14.6. The topological polar surface area (TPSA) is 102 Å². The number of hydrogen-bond donors (Lipinski definition) is 2. The predicted molar refractivity (Wildman–Crippen MR) is 188 cm³/mol. The molecule has 1 aliphatic rings. The largest absolute Gasteiger partial charge is 0.612 e. The lowest BCUT2D eigenvalue weighted by Crippen LogP contribution is -2.50. The zero-order valence-electron chi connectivity index (χ0n) is 27.4. The Kier molecular flexibility index (Phi) is 10.9. The van der Waals surface area contributed by atoms with Gasteiger partial charge in [0.05, 0.1) is 22.2 Å². The Hall–Kier alpha value is -3.38. The van der Waals surface area contributed by atoms with Gasteiger partial charge in [-0.2, -0.15) is 0 Å². The quantitative estimate of drug-likeness (QED) is 0.168. The van der Waals surface area contributed by atoms with Gasteiger partial charge in [0, 0.05) is 24.2 Å². The first-order valence-electron chi connectivity index (χ1n) is 15.7. The van der Waals surface area contributed by atoms with Crippen LogP contribution >= 0.6 is 22.9 Å². The summed E-state index contributed by atoms with van der Waals surface area (Å²) in [5, 5.41) is 12.0. The van der Waals surface area contributed by atoms with E-state index in [9.17, 15) is 28.0 Å². The molecule has 1 aromatic heterocycles. The van der Waals surface area contributed by atoms with Crippen LogP contribution in [0.4, 0.5) is 13.6 Å². The van der Waals surface area contributed by atoms with Crippen molar-refractivity contribution >= 4 is 56.2 Å². The fourth-order valence-corrected chi connectivity index (χ4v) is 8.78. The molecule has 5 rings (SSSR count). The van der Waals surface area contributed by atoms with E-state index >= 15 is 0 Å². The summed E-state index contributed by atoms with van der Waals surface area (Å²) >= 11 is 6.34. The molecule has 4 aromatic rings. The van der Waals surface area contributed by atoms with Gasteiger partial charge in [-0.3, -0.25) is 4.79 Å². The molecule has 2 unspecified atom stereocenters. The number of carboxylic acid groups (broad SMARTS) is 1. The minimum atomic E-state index is -1.12. The number of rotatable bonds is 9. The number of nitrogens with zero attached hydrogens (tertiary/aromatic N) is 1. The Morgan fingerprint density at radius 2 is 1.69 bits per heavy atom. The number of thiophene rings is 1. The summed E-state index contributed by atoms with van der Waals surface area (Å²) in [6.07, 6.45) is 3.07. The van der Waals surface area contributed by atoms with Gasteiger partial charge in [-0.05, 0) is 108 Å². The van der Waals surface area contributed by atoms with E-state index in [0.29, 0.717) is 36.3 Å². The second-order valence-electron chi connectivity index (χ2n) is 13.3. The van der Waals surface area contributed by atoms with Crippen LogP contribution in [0.5, 0.6) is 5.75 Å². The normalized spacial score (nSPS) is 17.9. The Bertz CT molecular complexity index is 1800. The average molecular weight is 717 g/mol. The number of carbonyl (C=O) groups is 2. The van der Waals surface area contributed by atoms with E-state index in [-0.39, 0.29) is 49.9 Å². The van der Waals surface area contributed by atoms with Gasteiger partial charge in [0.25, 0.3) is 5.91 Å². The van der Waals surface area contributed by atoms with E-state index in [4.69, 9.17) is 16.3 Å². The predicted octanol–water partition coefficient (Wildman–Crippen LogP) is 9.13. The number of nitrogens with one attached hydrogen (secondary N) is 1. The molecule has 2 amide bonds. The number of methoxy groups -OCH3 is 1. The van der Waals surface area contributed by atoms with Gasteiger partial charge in [-0.15, -0.1) is 11.3 Å². The monoisotopic (exact) mass is 716 g/mol. The van der Waals surface area contributed by atoms with Crippen LogP contribution in [0.2, 0.25) is 5.02 Å². The third-order valence-corrected chi connectivity index (χ3v) is 11.8. The molecule has 0 aliphatic heterocycles. The number of ether oxygens (including phenoxy) is 1. The molecule has 3 aromatic carbocycles. The molecule has 0 saturated heterocycles. The number of fused-ring (bicyclic) bond motifs is 1. The molecular formula is C36H39ClF2N2O5S2. The molecule has 7 nitrogen and oxygen atoms in total. The van der Waals surface area contributed by atoms with E-state index in [1.165, 1.54) is 0 Å². The molecule has 0 radical (unpaired) electrons. The van der Waals surface area contributed by atoms with Crippen molar-refractivity contribution in [1.82, 2.24) is 10.2 Å². The first kappa shape index (κ1) is 35.9. The van der Waals surface area contributed by atoms with E-state index in [2.05, 4.69) is 5.32 Å². The molecule has 0 bridgehead atoms. The molecule has 2 atom stereocenters. The summed E-state index contributed by atoms with van der Waals surface area (Å²) in [5.74, 6) is -1.18. The lowest BCUT2D eigenvalue weighted by atomic mass is 9.72. The van der Waals surface area contributed by atoms with Crippen molar-refractivity contribution in [3.63, 3.8) is 0 Å². The molecule has 12 heteroatoms. The Labute approximate surface area is 291 Å². The summed E-state index contributed by atoms with van der Waals surface area (Å²) in [4.78, 5) is 28.6. The first-order valence-corrected chi connectivity index (χ1v) is 18.4. The van der Waals surface area contributed by atoms with Crippen LogP contribution < -0.4 is 10.1 Å². The lowest BCUT2D eigenvalue weighted by Gasteiger charge is -2.43. The minimum absolute atomic E-state index is 0.0178. The highest BCUT2D eigenvalue weighted by atomic mass is 35.5. The van der Waals surface area contributed by atoms with Crippen molar-refractivity contribution in [3.8, 4) is 16.9 Å². The Morgan fingerprint density at radius 3 is 2.25 bits per heavy atom. The van der Waals surface area contributed by atoms with Gasteiger partial charge in [0.2, 0.25) is 0 Å². The molecule has 2 N–H and O–H groups in total. The minimum Gasteiger partial charge on any atom is -0.612 e. The maximum Gasteiger partial charge on any atom is 0.404 e. The van der Waals surface area contributed by atoms with Crippen LogP contribution in [0.25, 0.3) is 21.2 Å². The zero-order chi connectivity index (χ0) is 34.9. The third-order valence-electron chi connectivity index (χ3n) is 9.14. The number of halogens is 3. The van der Waals surface area contributed by atoms with Gasteiger partial charge in [-0.1, -0.05) is 38.4 Å². The van der Waals surface area contributed by atoms with Crippen LogP contribution in [-0.2, 0) is 17.7 Å². The summed E-state index contributed by atoms with van der Waals surface area (Å²) in [6.45, 7) is 6.15. The maximum absolute atomic E-state index is 14.8. The second-order valence-corrected chi connectivity index (χ2v) is 16.1. The highest BCUT2D eigenvalue weighted by Gasteiger charge is 2.39. The van der Waals surface area contributed by atoms with Gasteiger partial charge in [0.1, 0.15) is 28.5 Å². The van der Waals surface area contributed by atoms with Crippen molar-refractivity contribution in [2.45, 2.75) is 70.0 Å². The number of benzene rings is 3. The van der Waals surface area contributed by atoms with Crippen molar-refractivity contribution in [2.24, 2.45) is 11.3 Å². The SMILES string of the molecule is COc1ccc(-c2ccc([S+](C)[O-])cc2)cc1CN(C(=O)c1sc2c(F)ccc(F)c2c1Cl)C1CCC(C(NC(=O)O)C(C)(C)C)CC1. The van der Waals surface area contributed by atoms with Gasteiger partial charge in [0.15, 0.2) is 4.90 Å². The van der Waals surface area contributed by atoms with Crippen LogP contribution in [0.3, 0.4) is 0 Å². The standard InChI is InChI=1S/C36H39ClF2N2O5S2/c1-36(2,3)33(40-35(43)44)21-6-11-24(12-7-21)41(34(42)32-30(37)29-26(38)15-16-27(39)31(29)47-32)19-23-18-22(10-17-28(23)46-4)20-8-13-25(14-9-20)48(5)45/h8-10,13-18,21,24,33,40H,6-7,11-12,19H2,1-5H3,(H,43,44). The van der Waals surface area contributed by atoms with Crippen molar-refractivity contribution in [1.29, 1.82) is 0 Å². The zero-order valence-corrected chi connectivity index (χ0v) is 29.8. The third kappa shape index (κ3) is 7.59. The number of amides is 2. The maximum atomic E-state index is 14.8. The number of carbonyl (C=O) groups excluding carboxylic acids is 1. The van der Waals surface area contributed by atoms with Crippen LogP contribution in [0.15, 0.2) is 59.5 Å². The van der Waals surface area contributed by atoms with Crippen molar-refractivity contribution in [3.05, 3.63) is 81.7 Å². The number of hydrogen-bond acceptors (Lipinski definition) is 5. The average Bonchev–Trinajstić information content (AvgIpc) is 3.41. The fraction of sp³-hybridized carbons (Fsp3) is 0.389. The summed E-state index contributed by atoms with van der Waals surface area (Å²) in [5.41, 5.74) is 2.17. The highest BCUT2D eigenvalue weighted by molar-refractivity contribution is 7.90. The Balaban J connectivity index is 1.52. The first-order chi connectivity index (χ1) is 22.7. The van der Waals surface area contributed by atoms with Crippen molar-refractivity contribution < 1.29 is 32.8 Å². The van der Waals surface area contributed by atoms with Crippen LogP contribution in [-0.4, -0.2) is 52.0 Å². The fourth-order valence-electron chi connectivity index (χ4n) is 6.76. The molecular weight excluding hydrogens is 678 g/mol. The molecule has 256 valence electrons. The van der Waals surface area contributed by atoms with Gasteiger partial charge in [-0.25, -0.2) is 13.6 Å². The van der Waals surface area contributed by atoms with Gasteiger partial charge >= 0.3 is 6.09 Å². The summed E-state index contributed by atoms with van der Waals surface area (Å²) in [6, 6.07) is 14.6. The molecule has 0 spiro atoms. The molecule has 48 heavy (non-hydrogen) atoms. The van der Waals surface area contributed by atoms with E-state index < -0.39 is 34.8 Å². The molecule has 1 heterocycles. The highest BCUT2D eigenvalue weighted by Crippen LogP contribution is 2.42. The summed E-state index contributed by atoms with van der Waals surface area (Å²) < 4.78 is 47.3. The van der Waals surface area contributed by atoms with E-state index in [1.807, 2.05) is 63.2 Å². The lowest BCUT2D eigenvalue weighted by molar-refractivity contribution is 0.0543. The molecule has 1 fully saturated rings. The van der Waals surface area contributed by atoms with E-state index in [1.54, 1.807) is 18.3 Å². The van der Waals surface area contributed by atoms with Gasteiger partial charge < -0.3 is 24.6 Å². The molecule has 1 aliphatic carbocycles. The Morgan fingerprint density at radius 1 is 1.06 bits per heavy atom. The van der Waals surface area contributed by atoms with Crippen molar-refractivity contribution in [2.75, 3.05) is 13.4 Å². The van der Waals surface area contributed by atoms with E-state index in [0.717, 1.165) is 40.2 Å². The summed E-state index contributed by atoms with van der Waals surface area (Å²) in [7, 11) is 1.55.